The van der Waals surface area contributed by atoms with E-state index in [2.05, 4.69) is 59.5 Å². The Morgan fingerprint density at radius 1 is 0.762 bits per heavy atom. The van der Waals surface area contributed by atoms with Crippen LogP contribution in [0, 0.1) is 0 Å². The smallest absolute Gasteiger partial charge is 0.286 e. The van der Waals surface area contributed by atoms with Crippen LogP contribution < -0.4 is 14.8 Å². The zero-order valence-electron chi connectivity index (χ0n) is 24.0. The molecule has 1 saturated heterocycles. The molecule has 5 rings (SSSR count). The Balaban J connectivity index is 1.13. The van der Waals surface area contributed by atoms with Crippen molar-refractivity contribution in [2.45, 2.75) is 51.2 Å². The maximum atomic E-state index is 11.8. The molecule has 1 N–H and O–H groups in total. The zero-order valence-corrected chi connectivity index (χ0v) is 24.8. The number of carbonyl (C=O) groups is 2. The van der Waals surface area contributed by atoms with Crippen LogP contribution in [0.15, 0.2) is 79.1 Å². The summed E-state index contributed by atoms with van der Waals surface area (Å²) in [6.45, 7) is 5.35. The maximum absolute atomic E-state index is 11.8. The minimum absolute atomic E-state index is 0.224. The molecule has 0 bridgehead atoms. The Morgan fingerprint density at radius 2 is 1.40 bits per heavy atom. The van der Waals surface area contributed by atoms with E-state index in [1.165, 1.54) is 16.7 Å². The van der Waals surface area contributed by atoms with E-state index in [1.54, 1.807) is 0 Å². The largest absolute Gasteiger partial charge is 0.493 e. The third kappa shape index (κ3) is 7.76. The molecule has 1 aliphatic rings. The quantitative estimate of drug-likeness (QED) is 0.195. The van der Waals surface area contributed by atoms with E-state index in [1.807, 2.05) is 48.8 Å². The number of amides is 2. The summed E-state index contributed by atoms with van der Waals surface area (Å²) < 4.78 is 12.0. The van der Waals surface area contributed by atoms with Gasteiger partial charge < -0.3 is 9.47 Å². The topological polar surface area (TPSA) is 90.4 Å². The van der Waals surface area contributed by atoms with Crippen LogP contribution in [0.4, 0.5) is 4.79 Å². The maximum Gasteiger partial charge on any atom is 0.286 e. The number of aromatic nitrogens is 2. The Labute approximate surface area is 251 Å². The number of benzene rings is 2. The number of nitrogens with zero attached hydrogens (tertiary/aromatic N) is 2. The fourth-order valence-corrected chi connectivity index (χ4v) is 5.63. The SMILES string of the molecule is CCc1ccc(CCOc2ccc(-c3cc(CCOc4ccc(CC5SC(=O)NC5=O)cc4)ncc3CC)cc2)nc1. The lowest BCUT2D eigenvalue weighted by Gasteiger charge is -2.12. The van der Waals surface area contributed by atoms with Crippen molar-refractivity contribution in [1.82, 2.24) is 15.3 Å². The summed E-state index contributed by atoms with van der Waals surface area (Å²) in [7, 11) is 0. The zero-order chi connectivity index (χ0) is 29.3. The summed E-state index contributed by atoms with van der Waals surface area (Å²) in [6.07, 6.45) is 7.74. The van der Waals surface area contributed by atoms with E-state index in [4.69, 9.17) is 9.47 Å². The molecular formula is C34H35N3O4S. The summed E-state index contributed by atoms with van der Waals surface area (Å²) in [6, 6.07) is 22.3. The van der Waals surface area contributed by atoms with Gasteiger partial charge in [0.05, 0.1) is 18.5 Å². The van der Waals surface area contributed by atoms with Crippen molar-refractivity contribution in [3.8, 4) is 22.6 Å². The molecule has 0 spiro atoms. The molecule has 3 heterocycles. The third-order valence-electron chi connectivity index (χ3n) is 7.25. The Hall–Kier alpha value is -4.17. The van der Waals surface area contributed by atoms with E-state index >= 15 is 0 Å². The Morgan fingerprint density at radius 3 is 2.00 bits per heavy atom. The fourth-order valence-electron chi connectivity index (χ4n) is 4.77. The van der Waals surface area contributed by atoms with Gasteiger partial charge in [-0.2, -0.15) is 0 Å². The summed E-state index contributed by atoms with van der Waals surface area (Å²) in [5, 5.41) is 1.68. The molecule has 1 unspecified atom stereocenters. The van der Waals surface area contributed by atoms with Gasteiger partial charge in [-0.25, -0.2) is 0 Å². The van der Waals surface area contributed by atoms with Crippen molar-refractivity contribution in [3.05, 3.63) is 107 Å². The number of imide groups is 1. The van der Waals surface area contributed by atoms with Gasteiger partial charge in [0.1, 0.15) is 11.5 Å². The summed E-state index contributed by atoms with van der Waals surface area (Å²) >= 11 is 1.04. The average molecular weight is 582 g/mol. The number of rotatable bonds is 13. The highest BCUT2D eigenvalue weighted by molar-refractivity contribution is 8.15. The molecule has 7 nitrogen and oxygen atoms in total. The summed E-state index contributed by atoms with van der Waals surface area (Å²) in [4.78, 5) is 32.4. The van der Waals surface area contributed by atoms with Crippen LogP contribution in [0.25, 0.3) is 11.1 Å². The van der Waals surface area contributed by atoms with Crippen molar-refractivity contribution in [2.24, 2.45) is 0 Å². The van der Waals surface area contributed by atoms with E-state index in [0.29, 0.717) is 26.1 Å². The summed E-state index contributed by atoms with van der Waals surface area (Å²) in [5.74, 6) is 1.38. The molecule has 0 radical (unpaired) electrons. The van der Waals surface area contributed by atoms with Crippen LogP contribution in [0.1, 0.15) is 41.9 Å². The fraction of sp³-hybridized carbons (Fsp3) is 0.294. The van der Waals surface area contributed by atoms with Crippen LogP contribution in [0.2, 0.25) is 0 Å². The first kappa shape index (κ1) is 29.3. The molecule has 4 aromatic rings. The molecule has 2 aromatic heterocycles. The lowest BCUT2D eigenvalue weighted by molar-refractivity contribution is -0.118. The van der Waals surface area contributed by atoms with Crippen LogP contribution in [0.3, 0.4) is 0 Å². The monoisotopic (exact) mass is 581 g/mol. The van der Waals surface area contributed by atoms with Crippen molar-refractivity contribution >= 4 is 22.9 Å². The van der Waals surface area contributed by atoms with Crippen LogP contribution >= 0.6 is 11.8 Å². The first-order valence-electron chi connectivity index (χ1n) is 14.4. The van der Waals surface area contributed by atoms with Gasteiger partial charge in [0, 0.05) is 36.6 Å². The number of thioether (sulfide) groups is 1. The highest BCUT2D eigenvalue weighted by atomic mass is 32.2. The predicted octanol–water partition coefficient (Wildman–Crippen LogP) is 6.41. The Kier molecular flexibility index (Phi) is 9.87. The number of carbonyl (C=O) groups excluding carboxylic acids is 2. The van der Waals surface area contributed by atoms with Gasteiger partial charge in [-0.3, -0.25) is 24.9 Å². The number of pyridine rings is 2. The molecule has 1 atom stereocenters. The van der Waals surface area contributed by atoms with Gasteiger partial charge in [-0.15, -0.1) is 0 Å². The van der Waals surface area contributed by atoms with Gasteiger partial charge in [0.25, 0.3) is 5.24 Å². The number of hydrogen-bond donors (Lipinski definition) is 1. The lowest BCUT2D eigenvalue weighted by Crippen LogP contribution is -2.25. The minimum atomic E-state index is -0.370. The van der Waals surface area contributed by atoms with E-state index < -0.39 is 0 Å². The second-order valence-electron chi connectivity index (χ2n) is 10.2. The normalized spacial score (nSPS) is 14.6. The lowest BCUT2D eigenvalue weighted by atomic mass is 9.98. The van der Waals surface area contributed by atoms with E-state index in [0.717, 1.165) is 65.0 Å². The van der Waals surface area contributed by atoms with Crippen molar-refractivity contribution in [1.29, 1.82) is 0 Å². The van der Waals surface area contributed by atoms with E-state index in [9.17, 15) is 9.59 Å². The van der Waals surface area contributed by atoms with Gasteiger partial charge in [0.2, 0.25) is 5.91 Å². The minimum Gasteiger partial charge on any atom is -0.493 e. The van der Waals surface area contributed by atoms with Crippen LogP contribution in [0.5, 0.6) is 11.5 Å². The molecular weight excluding hydrogens is 546 g/mol. The van der Waals surface area contributed by atoms with E-state index in [-0.39, 0.29) is 16.4 Å². The van der Waals surface area contributed by atoms with Gasteiger partial charge in [-0.1, -0.05) is 55.9 Å². The number of hydrogen-bond acceptors (Lipinski definition) is 7. The second kappa shape index (κ2) is 14.1. The van der Waals surface area contributed by atoms with Gasteiger partial charge in [-0.05, 0) is 83.5 Å². The number of aryl methyl sites for hydroxylation is 2. The summed E-state index contributed by atoms with van der Waals surface area (Å²) in [5.41, 5.74) is 7.73. The van der Waals surface area contributed by atoms with Gasteiger partial charge >= 0.3 is 0 Å². The molecule has 0 saturated carbocycles. The van der Waals surface area contributed by atoms with Crippen molar-refractivity contribution in [3.63, 3.8) is 0 Å². The third-order valence-corrected chi connectivity index (χ3v) is 8.23. The predicted molar refractivity (Wildman–Crippen MR) is 166 cm³/mol. The number of nitrogens with one attached hydrogen (secondary N) is 1. The second-order valence-corrected chi connectivity index (χ2v) is 11.3. The van der Waals surface area contributed by atoms with Gasteiger partial charge in [0.15, 0.2) is 0 Å². The van der Waals surface area contributed by atoms with Crippen LogP contribution in [-0.4, -0.2) is 39.6 Å². The first-order valence-corrected chi connectivity index (χ1v) is 15.3. The number of ether oxygens (including phenoxy) is 2. The molecule has 216 valence electrons. The molecule has 1 aliphatic heterocycles. The van der Waals surface area contributed by atoms with Crippen LogP contribution in [-0.2, 0) is 36.9 Å². The van der Waals surface area contributed by atoms with Crippen molar-refractivity contribution < 1.29 is 19.1 Å². The Bertz CT molecular complexity index is 1510. The average Bonchev–Trinajstić information content (AvgIpc) is 3.34. The first-order chi connectivity index (χ1) is 20.5. The molecule has 2 amide bonds. The molecule has 2 aromatic carbocycles. The van der Waals surface area contributed by atoms with Crippen molar-refractivity contribution in [2.75, 3.05) is 13.2 Å². The highest BCUT2D eigenvalue weighted by Gasteiger charge is 2.31. The standard InChI is InChI=1S/C34H35N3O4S/c1-3-23-5-10-27(35-21-23)15-17-40-30-13-8-26(9-14-30)31-20-28(36-22-25(31)4-2)16-18-41-29-11-6-24(7-12-29)19-32-33(38)37-34(39)42-32/h5-14,20-22,32H,3-4,15-19H2,1-2H3,(H,37,38,39). The highest BCUT2D eigenvalue weighted by Crippen LogP contribution is 2.27. The molecule has 0 aliphatic carbocycles. The molecule has 1 fully saturated rings. The molecule has 8 heteroatoms. The molecule has 42 heavy (non-hydrogen) atoms.